The Kier molecular flexibility index (Phi) is 4.07. The second kappa shape index (κ2) is 5.41. The van der Waals surface area contributed by atoms with Crippen molar-refractivity contribution in [2.24, 2.45) is 0 Å². The molecule has 2 unspecified atom stereocenters. The van der Waals surface area contributed by atoms with E-state index in [0.717, 1.165) is 12.8 Å². The van der Waals surface area contributed by atoms with E-state index in [4.69, 9.17) is 0 Å². The lowest BCUT2D eigenvalue weighted by atomic mass is 9.93. The van der Waals surface area contributed by atoms with E-state index in [-0.39, 0.29) is 11.7 Å². The smallest absolute Gasteiger partial charge is 0.147 e. The number of aliphatic hydroxyl groups excluding tert-OH is 1. The molecule has 0 aromatic heterocycles. The zero-order valence-corrected chi connectivity index (χ0v) is 11.5. The number of benzene rings is 1. The highest BCUT2D eigenvalue weighted by atomic mass is 32.2. The molecule has 0 radical (unpaired) electrons. The Hall–Kier alpha value is -0.870. The molecule has 4 heteroatoms. The predicted molar refractivity (Wildman–Crippen MR) is 72.5 cm³/mol. The molecule has 0 bridgehead atoms. The van der Waals surface area contributed by atoms with Crippen molar-refractivity contribution in [2.45, 2.75) is 37.7 Å². The highest BCUT2D eigenvalue weighted by Crippen LogP contribution is 2.36. The highest BCUT2D eigenvalue weighted by Gasteiger charge is 2.27. The minimum atomic E-state index is -2.91. The van der Waals surface area contributed by atoms with E-state index in [0.29, 0.717) is 12.8 Å². The molecule has 1 aromatic rings. The summed E-state index contributed by atoms with van der Waals surface area (Å²) in [7, 11) is -2.91. The summed E-state index contributed by atoms with van der Waals surface area (Å²) in [4.78, 5) is 0. The van der Waals surface area contributed by atoms with E-state index in [2.05, 4.69) is 12.1 Å². The SMILES string of the molecule is CS(=O)(=O)CCCC(O)C1CCc2ccccc21. The Morgan fingerprint density at radius 3 is 2.83 bits per heavy atom. The van der Waals surface area contributed by atoms with Gasteiger partial charge in [-0.25, -0.2) is 8.42 Å². The molecule has 3 nitrogen and oxygen atoms in total. The highest BCUT2D eigenvalue weighted by molar-refractivity contribution is 7.90. The minimum absolute atomic E-state index is 0.165. The summed E-state index contributed by atoms with van der Waals surface area (Å²) in [5, 5.41) is 10.2. The third-order valence-electron chi connectivity index (χ3n) is 3.66. The molecular weight excluding hydrogens is 248 g/mol. The summed E-state index contributed by atoms with van der Waals surface area (Å²) in [6.45, 7) is 0. The first-order valence-corrected chi connectivity index (χ1v) is 8.47. The Labute approximate surface area is 109 Å². The topological polar surface area (TPSA) is 54.4 Å². The van der Waals surface area contributed by atoms with Crippen LogP contribution in [-0.2, 0) is 16.3 Å². The molecule has 0 saturated carbocycles. The molecule has 2 rings (SSSR count). The largest absolute Gasteiger partial charge is 0.392 e. The van der Waals surface area contributed by atoms with Crippen LogP contribution in [0.25, 0.3) is 0 Å². The van der Waals surface area contributed by atoms with Gasteiger partial charge < -0.3 is 5.11 Å². The van der Waals surface area contributed by atoms with Crippen molar-refractivity contribution in [3.8, 4) is 0 Å². The first-order chi connectivity index (χ1) is 8.47. The molecule has 1 aromatic carbocycles. The van der Waals surface area contributed by atoms with Crippen molar-refractivity contribution in [2.75, 3.05) is 12.0 Å². The fourth-order valence-corrected chi connectivity index (χ4v) is 3.44. The van der Waals surface area contributed by atoms with E-state index in [1.54, 1.807) is 0 Å². The first kappa shape index (κ1) is 13.6. The quantitative estimate of drug-likeness (QED) is 0.887. The zero-order valence-electron chi connectivity index (χ0n) is 10.7. The molecule has 0 aliphatic heterocycles. The molecule has 1 aliphatic carbocycles. The number of fused-ring (bicyclic) bond motifs is 1. The number of sulfone groups is 1. The van der Waals surface area contributed by atoms with Crippen LogP contribution >= 0.6 is 0 Å². The summed E-state index contributed by atoms with van der Waals surface area (Å²) in [6.07, 6.45) is 3.91. The Morgan fingerprint density at radius 2 is 2.11 bits per heavy atom. The van der Waals surface area contributed by atoms with Crippen LogP contribution in [0.4, 0.5) is 0 Å². The molecule has 0 heterocycles. The van der Waals surface area contributed by atoms with Crippen molar-refractivity contribution in [3.63, 3.8) is 0 Å². The summed E-state index contributed by atoms with van der Waals surface area (Å²) in [6, 6.07) is 8.21. The average molecular weight is 268 g/mol. The molecular formula is C14H20O3S. The maximum absolute atomic E-state index is 11.1. The van der Waals surface area contributed by atoms with Gasteiger partial charge in [-0.05, 0) is 36.8 Å². The van der Waals surface area contributed by atoms with E-state index < -0.39 is 15.9 Å². The van der Waals surface area contributed by atoms with Gasteiger partial charge in [0.05, 0.1) is 6.10 Å². The van der Waals surface area contributed by atoms with Crippen LogP contribution in [0.1, 0.15) is 36.3 Å². The van der Waals surface area contributed by atoms with Gasteiger partial charge in [0.1, 0.15) is 9.84 Å². The number of aliphatic hydroxyl groups is 1. The lowest BCUT2D eigenvalue weighted by Gasteiger charge is -2.19. The fraction of sp³-hybridized carbons (Fsp3) is 0.571. The molecule has 1 aliphatic rings. The van der Waals surface area contributed by atoms with Gasteiger partial charge in [0.2, 0.25) is 0 Å². The van der Waals surface area contributed by atoms with Gasteiger partial charge in [-0.3, -0.25) is 0 Å². The van der Waals surface area contributed by atoms with Crippen molar-refractivity contribution in [1.29, 1.82) is 0 Å². The molecule has 2 atom stereocenters. The number of hydrogen-bond acceptors (Lipinski definition) is 3. The van der Waals surface area contributed by atoms with Crippen LogP contribution in [0, 0.1) is 0 Å². The molecule has 1 N–H and O–H groups in total. The fourth-order valence-electron chi connectivity index (χ4n) is 2.75. The second-order valence-electron chi connectivity index (χ2n) is 5.18. The summed E-state index contributed by atoms with van der Waals surface area (Å²) >= 11 is 0. The Morgan fingerprint density at radius 1 is 1.39 bits per heavy atom. The Balaban J connectivity index is 1.93. The monoisotopic (exact) mass is 268 g/mol. The van der Waals surface area contributed by atoms with Gasteiger partial charge in [-0.15, -0.1) is 0 Å². The number of aryl methyl sites for hydroxylation is 1. The van der Waals surface area contributed by atoms with Crippen molar-refractivity contribution >= 4 is 9.84 Å². The lowest BCUT2D eigenvalue weighted by molar-refractivity contribution is 0.132. The molecule has 100 valence electrons. The Bertz CT molecular complexity index is 508. The van der Waals surface area contributed by atoms with Gasteiger partial charge >= 0.3 is 0 Å². The van der Waals surface area contributed by atoms with Crippen LogP contribution in [0.3, 0.4) is 0 Å². The molecule has 0 fully saturated rings. The summed E-state index contributed by atoms with van der Waals surface area (Å²) < 4.78 is 22.1. The second-order valence-corrected chi connectivity index (χ2v) is 7.44. The van der Waals surface area contributed by atoms with E-state index in [1.807, 2.05) is 12.1 Å². The normalized spacial score (nSPS) is 20.7. The molecule has 0 spiro atoms. The first-order valence-electron chi connectivity index (χ1n) is 6.41. The van der Waals surface area contributed by atoms with Gasteiger partial charge in [0.15, 0.2) is 0 Å². The van der Waals surface area contributed by atoms with Crippen LogP contribution < -0.4 is 0 Å². The van der Waals surface area contributed by atoms with Crippen LogP contribution in [0.15, 0.2) is 24.3 Å². The maximum Gasteiger partial charge on any atom is 0.147 e. The third kappa shape index (κ3) is 3.33. The number of hydrogen-bond donors (Lipinski definition) is 1. The summed E-state index contributed by atoms with van der Waals surface area (Å²) in [5.41, 5.74) is 2.56. The van der Waals surface area contributed by atoms with E-state index in [9.17, 15) is 13.5 Å². The van der Waals surface area contributed by atoms with Gasteiger partial charge in [0, 0.05) is 17.9 Å². The van der Waals surface area contributed by atoms with Crippen molar-refractivity contribution in [3.05, 3.63) is 35.4 Å². The number of rotatable bonds is 5. The maximum atomic E-state index is 11.1. The van der Waals surface area contributed by atoms with Crippen LogP contribution in [0.5, 0.6) is 0 Å². The van der Waals surface area contributed by atoms with Gasteiger partial charge in [-0.1, -0.05) is 24.3 Å². The molecule has 0 amide bonds. The predicted octanol–water partition coefficient (Wildman–Crippen LogP) is 1.90. The van der Waals surface area contributed by atoms with Gasteiger partial charge in [-0.2, -0.15) is 0 Å². The summed E-state index contributed by atoms with van der Waals surface area (Å²) in [5.74, 6) is 0.346. The minimum Gasteiger partial charge on any atom is -0.392 e. The van der Waals surface area contributed by atoms with Crippen molar-refractivity contribution < 1.29 is 13.5 Å². The third-order valence-corrected chi connectivity index (χ3v) is 4.69. The van der Waals surface area contributed by atoms with Crippen LogP contribution in [-0.4, -0.2) is 31.6 Å². The molecule has 18 heavy (non-hydrogen) atoms. The molecule has 0 saturated heterocycles. The van der Waals surface area contributed by atoms with Crippen LogP contribution in [0.2, 0.25) is 0 Å². The van der Waals surface area contributed by atoms with E-state index in [1.165, 1.54) is 17.4 Å². The average Bonchev–Trinajstić information content (AvgIpc) is 2.70. The standard InChI is InChI=1S/C14H20O3S/c1-18(16,17)10-4-7-14(15)13-9-8-11-5-2-3-6-12(11)13/h2-3,5-6,13-15H,4,7-10H2,1H3. The zero-order chi connectivity index (χ0) is 13.2. The van der Waals surface area contributed by atoms with E-state index >= 15 is 0 Å². The van der Waals surface area contributed by atoms with Crippen molar-refractivity contribution in [1.82, 2.24) is 0 Å². The van der Waals surface area contributed by atoms with Gasteiger partial charge in [0.25, 0.3) is 0 Å². The lowest BCUT2D eigenvalue weighted by Crippen LogP contribution is -2.17.